The first kappa shape index (κ1) is 9.08. The fraction of sp³-hybridized carbons (Fsp3) is 0.222. The first-order chi connectivity index (χ1) is 5.81. The molecule has 1 aromatic rings. The predicted molar refractivity (Wildman–Crippen MR) is 50.3 cm³/mol. The van der Waals surface area contributed by atoms with Gasteiger partial charge in [0, 0.05) is 5.33 Å². The molecule has 2 nitrogen and oxygen atoms in total. The fourth-order valence-electron chi connectivity index (χ4n) is 0.926. The van der Waals surface area contributed by atoms with Crippen molar-refractivity contribution in [3.63, 3.8) is 0 Å². The summed E-state index contributed by atoms with van der Waals surface area (Å²) in [4.78, 5) is 0. The van der Waals surface area contributed by atoms with Crippen LogP contribution in [-0.2, 0) is 5.33 Å². The molecule has 1 rings (SSSR count). The molecule has 0 atom stereocenters. The Morgan fingerprint density at radius 2 is 2.33 bits per heavy atom. The summed E-state index contributed by atoms with van der Waals surface area (Å²) in [5.74, 6) is 0.627. The van der Waals surface area contributed by atoms with Crippen molar-refractivity contribution < 1.29 is 4.74 Å². The van der Waals surface area contributed by atoms with Gasteiger partial charge in [-0.25, -0.2) is 0 Å². The minimum atomic E-state index is 0.578. The monoisotopic (exact) mass is 225 g/mol. The van der Waals surface area contributed by atoms with Crippen LogP contribution in [0.25, 0.3) is 0 Å². The van der Waals surface area contributed by atoms with Crippen molar-refractivity contribution in [3.05, 3.63) is 29.3 Å². The number of methoxy groups -OCH3 is 1. The van der Waals surface area contributed by atoms with Crippen LogP contribution < -0.4 is 4.74 Å². The Bertz CT molecular complexity index is 317. The Balaban J connectivity index is 3.13. The molecule has 3 heteroatoms. The summed E-state index contributed by atoms with van der Waals surface area (Å²) in [6.45, 7) is 0. The highest BCUT2D eigenvalue weighted by atomic mass is 79.9. The third-order valence-electron chi connectivity index (χ3n) is 1.54. The summed E-state index contributed by atoms with van der Waals surface area (Å²) in [7, 11) is 1.56. The van der Waals surface area contributed by atoms with E-state index >= 15 is 0 Å². The standard InChI is InChI=1S/C9H8BrNO/c1-12-9-3-2-7(5-10)4-8(9)6-11/h2-4H,5H2,1H3. The first-order valence-electron chi connectivity index (χ1n) is 3.44. The van der Waals surface area contributed by atoms with E-state index in [0.29, 0.717) is 11.3 Å². The molecule has 1 aromatic carbocycles. The summed E-state index contributed by atoms with van der Waals surface area (Å²) in [6, 6.07) is 7.61. The summed E-state index contributed by atoms with van der Waals surface area (Å²) in [6.07, 6.45) is 0. The summed E-state index contributed by atoms with van der Waals surface area (Å²) in [5, 5.41) is 9.48. The number of benzene rings is 1. The lowest BCUT2D eigenvalue weighted by molar-refractivity contribution is 0.413. The minimum absolute atomic E-state index is 0.578. The summed E-state index contributed by atoms with van der Waals surface area (Å²) >= 11 is 3.32. The van der Waals surface area contributed by atoms with Gasteiger partial charge in [0.2, 0.25) is 0 Å². The van der Waals surface area contributed by atoms with Gasteiger partial charge in [0.1, 0.15) is 11.8 Å². The molecule has 0 heterocycles. The van der Waals surface area contributed by atoms with Gasteiger partial charge in [0.25, 0.3) is 0 Å². The highest BCUT2D eigenvalue weighted by Gasteiger charge is 2.01. The van der Waals surface area contributed by atoms with Gasteiger partial charge in [-0.1, -0.05) is 22.0 Å². The SMILES string of the molecule is COc1ccc(CBr)cc1C#N. The van der Waals surface area contributed by atoms with E-state index in [1.165, 1.54) is 0 Å². The van der Waals surface area contributed by atoms with Crippen LogP contribution in [0.1, 0.15) is 11.1 Å². The molecule has 0 aromatic heterocycles. The van der Waals surface area contributed by atoms with Crippen LogP contribution in [0.2, 0.25) is 0 Å². The molecule has 0 radical (unpaired) electrons. The van der Waals surface area contributed by atoms with E-state index in [1.54, 1.807) is 13.2 Å². The Hall–Kier alpha value is -1.01. The zero-order valence-corrected chi connectivity index (χ0v) is 8.26. The first-order valence-corrected chi connectivity index (χ1v) is 4.57. The maximum absolute atomic E-state index is 8.72. The molecule has 62 valence electrons. The van der Waals surface area contributed by atoms with E-state index < -0.39 is 0 Å². The zero-order valence-electron chi connectivity index (χ0n) is 6.67. The van der Waals surface area contributed by atoms with Crippen LogP contribution in [0.15, 0.2) is 18.2 Å². The van der Waals surface area contributed by atoms with Crippen LogP contribution in [-0.4, -0.2) is 7.11 Å². The summed E-state index contributed by atoms with van der Waals surface area (Å²) in [5.41, 5.74) is 1.65. The Morgan fingerprint density at radius 3 is 2.83 bits per heavy atom. The Kier molecular flexibility index (Phi) is 3.12. The number of halogens is 1. The largest absolute Gasteiger partial charge is 0.495 e. The molecule has 12 heavy (non-hydrogen) atoms. The average molecular weight is 226 g/mol. The maximum atomic E-state index is 8.72. The third kappa shape index (κ3) is 1.77. The number of alkyl halides is 1. The number of ether oxygens (including phenoxy) is 1. The Labute approximate surface area is 79.9 Å². The number of hydrogen-bond acceptors (Lipinski definition) is 2. The topological polar surface area (TPSA) is 33.0 Å². The lowest BCUT2D eigenvalue weighted by atomic mass is 10.1. The van der Waals surface area contributed by atoms with Gasteiger partial charge in [0.05, 0.1) is 12.7 Å². The summed E-state index contributed by atoms with van der Waals surface area (Å²) < 4.78 is 5.00. The van der Waals surface area contributed by atoms with Crippen LogP contribution in [0.4, 0.5) is 0 Å². The fourth-order valence-corrected chi connectivity index (χ4v) is 1.27. The second-order valence-corrected chi connectivity index (χ2v) is 2.84. The maximum Gasteiger partial charge on any atom is 0.136 e. The smallest absolute Gasteiger partial charge is 0.136 e. The van der Waals surface area contributed by atoms with E-state index in [9.17, 15) is 0 Å². The van der Waals surface area contributed by atoms with Gasteiger partial charge in [0.15, 0.2) is 0 Å². The molecule has 0 amide bonds. The number of nitriles is 1. The van der Waals surface area contributed by atoms with Gasteiger partial charge in [-0.2, -0.15) is 5.26 Å². The minimum Gasteiger partial charge on any atom is -0.495 e. The number of nitrogens with zero attached hydrogens (tertiary/aromatic N) is 1. The molecule has 0 saturated heterocycles. The van der Waals surface area contributed by atoms with Gasteiger partial charge in [-0.15, -0.1) is 0 Å². The molecule has 0 bridgehead atoms. The number of hydrogen-bond donors (Lipinski definition) is 0. The van der Waals surface area contributed by atoms with E-state index in [0.717, 1.165) is 10.9 Å². The van der Waals surface area contributed by atoms with Crippen molar-refractivity contribution in [3.8, 4) is 11.8 Å². The van der Waals surface area contributed by atoms with Crippen molar-refractivity contribution in [1.82, 2.24) is 0 Å². The molecule has 0 aliphatic heterocycles. The second kappa shape index (κ2) is 4.13. The lowest BCUT2D eigenvalue weighted by Gasteiger charge is -2.02. The van der Waals surface area contributed by atoms with Crippen molar-refractivity contribution in [2.45, 2.75) is 5.33 Å². The van der Waals surface area contributed by atoms with Gasteiger partial charge in [-0.05, 0) is 17.7 Å². The molecule has 0 unspecified atom stereocenters. The van der Waals surface area contributed by atoms with Gasteiger partial charge >= 0.3 is 0 Å². The molecule has 0 aliphatic carbocycles. The van der Waals surface area contributed by atoms with Crippen molar-refractivity contribution in [1.29, 1.82) is 5.26 Å². The molecule has 0 spiro atoms. The van der Waals surface area contributed by atoms with Crippen molar-refractivity contribution in [2.75, 3.05) is 7.11 Å². The molecular formula is C9H8BrNO. The quantitative estimate of drug-likeness (QED) is 0.725. The van der Waals surface area contributed by atoms with Gasteiger partial charge in [-0.3, -0.25) is 0 Å². The highest BCUT2D eigenvalue weighted by Crippen LogP contribution is 2.19. The molecule has 0 saturated carbocycles. The van der Waals surface area contributed by atoms with Crippen molar-refractivity contribution >= 4 is 15.9 Å². The van der Waals surface area contributed by atoms with E-state index in [1.807, 2.05) is 12.1 Å². The second-order valence-electron chi connectivity index (χ2n) is 2.28. The van der Waals surface area contributed by atoms with Crippen molar-refractivity contribution in [2.24, 2.45) is 0 Å². The average Bonchev–Trinajstić information content (AvgIpc) is 2.16. The van der Waals surface area contributed by atoms with Crippen LogP contribution in [0.3, 0.4) is 0 Å². The molecular weight excluding hydrogens is 218 g/mol. The van der Waals surface area contributed by atoms with Crippen LogP contribution >= 0.6 is 15.9 Å². The van der Waals surface area contributed by atoms with Crippen LogP contribution in [0, 0.1) is 11.3 Å². The predicted octanol–water partition coefficient (Wildman–Crippen LogP) is 2.46. The number of rotatable bonds is 2. The van der Waals surface area contributed by atoms with E-state index in [-0.39, 0.29) is 0 Å². The van der Waals surface area contributed by atoms with E-state index in [4.69, 9.17) is 10.00 Å². The van der Waals surface area contributed by atoms with Crippen LogP contribution in [0.5, 0.6) is 5.75 Å². The van der Waals surface area contributed by atoms with Gasteiger partial charge < -0.3 is 4.74 Å². The zero-order chi connectivity index (χ0) is 8.97. The lowest BCUT2D eigenvalue weighted by Crippen LogP contribution is -1.88. The van der Waals surface area contributed by atoms with E-state index in [2.05, 4.69) is 22.0 Å². The molecule has 0 N–H and O–H groups in total. The normalized spacial score (nSPS) is 9.08. The molecule has 0 aliphatic rings. The Morgan fingerprint density at radius 1 is 1.58 bits per heavy atom. The molecule has 0 fully saturated rings. The highest BCUT2D eigenvalue weighted by molar-refractivity contribution is 9.08. The third-order valence-corrected chi connectivity index (χ3v) is 2.19.